The number of hydrogen-bond acceptors (Lipinski definition) is 4. The number of halogens is 4. The second-order valence-electron chi connectivity index (χ2n) is 5.95. The molecule has 1 fully saturated rings. The lowest BCUT2D eigenvalue weighted by Crippen LogP contribution is -2.69. The number of urea groups is 1. The van der Waals surface area contributed by atoms with Crippen molar-refractivity contribution in [2.45, 2.75) is 11.8 Å². The minimum atomic E-state index is -5.34. The maximum atomic E-state index is 13.9. The van der Waals surface area contributed by atoms with Crippen LogP contribution in [-0.2, 0) is 4.79 Å². The first kappa shape index (κ1) is 20.5. The second kappa shape index (κ2) is 7.28. The normalized spacial score (nSPS) is 19.1. The van der Waals surface area contributed by atoms with Crippen LogP contribution in [0.5, 0.6) is 5.75 Å². The molecule has 0 spiro atoms. The van der Waals surface area contributed by atoms with Crippen molar-refractivity contribution in [3.8, 4) is 5.75 Å². The fourth-order valence-corrected chi connectivity index (χ4v) is 2.97. The van der Waals surface area contributed by atoms with E-state index in [1.54, 1.807) is 10.6 Å². The molecule has 1 saturated heterocycles. The van der Waals surface area contributed by atoms with Crippen molar-refractivity contribution >= 4 is 35.1 Å². The van der Waals surface area contributed by atoms with Gasteiger partial charge in [-0.25, -0.2) is 9.69 Å². The highest BCUT2D eigenvalue weighted by Gasteiger charge is 2.69. The van der Waals surface area contributed by atoms with Gasteiger partial charge in [0.25, 0.3) is 17.5 Å². The highest BCUT2D eigenvalue weighted by Crippen LogP contribution is 2.38. The van der Waals surface area contributed by atoms with Gasteiger partial charge in [-0.3, -0.25) is 14.9 Å². The van der Waals surface area contributed by atoms with E-state index in [9.17, 15) is 27.6 Å². The summed E-state index contributed by atoms with van der Waals surface area (Å²) in [4.78, 5) is 37.8. The van der Waals surface area contributed by atoms with E-state index in [-0.39, 0.29) is 26.9 Å². The molecule has 1 unspecified atom stereocenters. The number of methoxy groups -OCH3 is 1. The molecule has 3 rings (SSSR count). The van der Waals surface area contributed by atoms with Crippen LogP contribution in [0, 0.1) is 0 Å². The third-order valence-corrected chi connectivity index (χ3v) is 4.40. The molecule has 7 nitrogen and oxygen atoms in total. The van der Waals surface area contributed by atoms with Gasteiger partial charge in [-0.05, 0) is 30.3 Å². The quantitative estimate of drug-likeness (QED) is 0.734. The Labute approximate surface area is 167 Å². The monoisotopic (exact) mass is 427 g/mol. The molecule has 0 radical (unpaired) electrons. The number of carbonyl (C=O) groups is 3. The van der Waals surface area contributed by atoms with Crippen molar-refractivity contribution in [1.82, 2.24) is 10.6 Å². The molecule has 0 bridgehead atoms. The van der Waals surface area contributed by atoms with Gasteiger partial charge in [0, 0.05) is 10.6 Å². The molecule has 152 valence electrons. The predicted molar refractivity (Wildman–Crippen MR) is 96.7 cm³/mol. The fraction of sp³-hybridized carbons (Fsp3) is 0.167. The SMILES string of the molecule is COc1ccccc1N1C(=O)NC(NC(=O)c2cccc(Cl)c2)(C(F)(F)F)C1=O. The Morgan fingerprint density at radius 3 is 2.48 bits per heavy atom. The summed E-state index contributed by atoms with van der Waals surface area (Å²) in [6, 6.07) is 9.27. The van der Waals surface area contributed by atoms with Gasteiger partial charge < -0.3 is 10.1 Å². The molecule has 0 aliphatic carbocycles. The molecule has 0 saturated carbocycles. The van der Waals surface area contributed by atoms with E-state index in [4.69, 9.17) is 16.3 Å². The number of nitrogens with zero attached hydrogens (tertiary/aromatic N) is 1. The molecular formula is C18H13ClF3N3O4. The summed E-state index contributed by atoms with van der Waals surface area (Å²) in [5, 5.41) is 3.28. The summed E-state index contributed by atoms with van der Waals surface area (Å²) in [5.41, 5.74) is -4.09. The van der Waals surface area contributed by atoms with E-state index in [1.807, 2.05) is 0 Å². The minimum Gasteiger partial charge on any atom is -0.495 e. The first-order chi connectivity index (χ1) is 13.6. The number of alkyl halides is 3. The molecule has 0 aromatic heterocycles. The lowest BCUT2D eigenvalue weighted by molar-refractivity contribution is -0.197. The van der Waals surface area contributed by atoms with E-state index < -0.39 is 29.7 Å². The third-order valence-electron chi connectivity index (χ3n) is 4.16. The number of hydrogen-bond donors (Lipinski definition) is 2. The number of nitrogens with one attached hydrogen (secondary N) is 2. The Kier molecular flexibility index (Phi) is 5.14. The van der Waals surface area contributed by atoms with Crippen LogP contribution in [0.4, 0.5) is 23.7 Å². The minimum absolute atomic E-state index is 0.00450. The van der Waals surface area contributed by atoms with Crippen LogP contribution >= 0.6 is 11.6 Å². The van der Waals surface area contributed by atoms with E-state index >= 15 is 0 Å². The summed E-state index contributed by atoms with van der Waals surface area (Å²) in [7, 11) is 1.23. The van der Waals surface area contributed by atoms with Gasteiger partial charge in [-0.15, -0.1) is 0 Å². The van der Waals surface area contributed by atoms with Crippen molar-refractivity contribution in [3.05, 3.63) is 59.1 Å². The fourth-order valence-electron chi connectivity index (χ4n) is 2.78. The lowest BCUT2D eigenvalue weighted by atomic mass is 10.1. The largest absolute Gasteiger partial charge is 0.495 e. The second-order valence-corrected chi connectivity index (χ2v) is 6.39. The smallest absolute Gasteiger partial charge is 0.440 e. The number of ether oxygens (including phenoxy) is 1. The topological polar surface area (TPSA) is 87.7 Å². The van der Waals surface area contributed by atoms with E-state index in [1.165, 1.54) is 49.6 Å². The maximum Gasteiger partial charge on any atom is 0.440 e. The van der Waals surface area contributed by atoms with Crippen molar-refractivity contribution in [1.29, 1.82) is 0 Å². The summed E-state index contributed by atoms with van der Waals surface area (Å²) < 4.78 is 46.8. The molecule has 2 aromatic rings. The first-order valence-electron chi connectivity index (χ1n) is 8.05. The molecule has 1 aliphatic heterocycles. The van der Waals surface area contributed by atoms with Gasteiger partial charge >= 0.3 is 12.2 Å². The lowest BCUT2D eigenvalue weighted by Gasteiger charge is -2.30. The average molecular weight is 428 g/mol. The summed E-state index contributed by atoms with van der Waals surface area (Å²) in [6.45, 7) is 0. The number of benzene rings is 2. The van der Waals surface area contributed by atoms with Crippen molar-refractivity contribution < 1.29 is 32.3 Å². The van der Waals surface area contributed by atoms with Crippen LogP contribution in [-0.4, -0.2) is 36.8 Å². The Balaban J connectivity index is 2.04. The average Bonchev–Trinajstić information content (AvgIpc) is 2.92. The summed E-state index contributed by atoms with van der Waals surface area (Å²) in [6.07, 6.45) is -5.34. The molecule has 2 N–H and O–H groups in total. The first-order valence-corrected chi connectivity index (χ1v) is 8.43. The Hall–Kier alpha value is -3.27. The molecule has 2 aromatic carbocycles. The highest BCUT2D eigenvalue weighted by molar-refractivity contribution is 6.31. The van der Waals surface area contributed by atoms with E-state index in [2.05, 4.69) is 0 Å². The van der Waals surface area contributed by atoms with Gasteiger partial charge in [0.15, 0.2) is 0 Å². The van der Waals surface area contributed by atoms with Gasteiger partial charge in [-0.1, -0.05) is 29.8 Å². The van der Waals surface area contributed by atoms with Crippen molar-refractivity contribution in [2.24, 2.45) is 0 Å². The summed E-state index contributed by atoms with van der Waals surface area (Å²) >= 11 is 5.76. The molecular weight excluding hydrogens is 415 g/mol. The zero-order valence-corrected chi connectivity index (χ0v) is 15.5. The Bertz CT molecular complexity index is 998. The Morgan fingerprint density at radius 1 is 1.17 bits per heavy atom. The van der Waals surface area contributed by atoms with E-state index in [0.29, 0.717) is 0 Å². The highest BCUT2D eigenvalue weighted by atomic mass is 35.5. The number of amides is 4. The number of para-hydroxylation sites is 2. The standard InChI is InChI=1S/C18H13ClF3N3O4/c1-29-13-8-3-2-7-12(13)25-15(27)17(18(20,21)22,24-16(25)28)23-14(26)10-5-4-6-11(19)9-10/h2-9H,1H3,(H,23,26)(H,24,28). The zero-order chi connectivity index (χ0) is 21.4. The molecule has 1 heterocycles. The zero-order valence-electron chi connectivity index (χ0n) is 14.7. The van der Waals surface area contributed by atoms with Crippen LogP contribution in [0.15, 0.2) is 48.5 Å². The van der Waals surface area contributed by atoms with Crippen molar-refractivity contribution in [3.63, 3.8) is 0 Å². The van der Waals surface area contributed by atoms with Gasteiger partial charge in [0.2, 0.25) is 0 Å². The van der Waals surface area contributed by atoms with Crippen LogP contribution in [0.1, 0.15) is 10.4 Å². The Morgan fingerprint density at radius 2 is 1.86 bits per heavy atom. The molecule has 4 amide bonds. The van der Waals surface area contributed by atoms with Gasteiger partial charge in [0.05, 0.1) is 12.8 Å². The molecule has 1 atom stereocenters. The van der Waals surface area contributed by atoms with Crippen LogP contribution in [0.2, 0.25) is 5.02 Å². The number of imide groups is 1. The number of carbonyl (C=O) groups excluding carboxylic acids is 3. The van der Waals surface area contributed by atoms with Crippen LogP contribution in [0.25, 0.3) is 0 Å². The number of anilines is 1. The molecule has 1 aliphatic rings. The van der Waals surface area contributed by atoms with Gasteiger partial charge in [0.1, 0.15) is 5.75 Å². The summed E-state index contributed by atoms with van der Waals surface area (Å²) in [5.74, 6) is -2.98. The molecule has 11 heteroatoms. The third kappa shape index (κ3) is 3.46. The van der Waals surface area contributed by atoms with Crippen LogP contribution < -0.4 is 20.3 Å². The predicted octanol–water partition coefficient (Wildman–Crippen LogP) is 3.09. The van der Waals surface area contributed by atoms with Gasteiger partial charge in [-0.2, -0.15) is 13.2 Å². The van der Waals surface area contributed by atoms with E-state index in [0.717, 1.165) is 6.07 Å². The number of rotatable bonds is 4. The van der Waals surface area contributed by atoms with Crippen molar-refractivity contribution in [2.75, 3.05) is 12.0 Å². The van der Waals surface area contributed by atoms with Crippen LogP contribution in [0.3, 0.4) is 0 Å². The molecule has 29 heavy (non-hydrogen) atoms. The maximum absolute atomic E-state index is 13.9.